The number of carbonyl (C=O) groups is 2. The Morgan fingerprint density at radius 3 is 2.79 bits per heavy atom. The topological polar surface area (TPSA) is 102 Å². The standard InChI is InChI=1S/C16H14ClN5O2/c1-16(15(18)24,11-3-2-4-12(17)7-11)20-14(23)10-5-6-13-21-19-9-22(13)8-10/h2-9H,1H3,(H2,18,24)(H,20,23). The van der Waals surface area contributed by atoms with Crippen molar-refractivity contribution < 1.29 is 9.59 Å². The molecule has 3 N–H and O–H groups in total. The van der Waals surface area contributed by atoms with Gasteiger partial charge >= 0.3 is 0 Å². The van der Waals surface area contributed by atoms with Gasteiger partial charge in [-0.2, -0.15) is 0 Å². The fraction of sp³-hybridized carbons (Fsp3) is 0.125. The molecule has 3 rings (SSSR count). The first-order valence-electron chi connectivity index (χ1n) is 7.08. The van der Waals surface area contributed by atoms with Gasteiger partial charge < -0.3 is 11.1 Å². The molecule has 0 radical (unpaired) electrons. The van der Waals surface area contributed by atoms with Gasteiger partial charge in [0.25, 0.3) is 5.91 Å². The zero-order chi connectivity index (χ0) is 17.3. The summed E-state index contributed by atoms with van der Waals surface area (Å²) < 4.78 is 1.61. The fourth-order valence-corrected chi connectivity index (χ4v) is 2.53. The summed E-state index contributed by atoms with van der Waals surface area (Å²) in [5.74, 6) is -1.14. The van der Waals surface area contributed by atoms with Gasteiger partial charge in [-0.05, 0) is 36.8 Å². The normalized spacial score (nSPS) is 13.4. The minimum Gasteiger partial charge on any atom is -0.367 e. The number of nitrogens with zero attached hydrogens (tertiary/aromatic N) is 3. The third-order valence-electron chi connectivity index (χ3n) is 3.81. The van der Waals surface area contributed by atoms with E-state index in [1.807, 2.05) is 0 Å². The lowest BCUT2D eigenvalue weighted by Crippen LogP contribution is -2.52. The number of halogens is 1. The van der Waals surface area contributed by atoms with Crippen LogP contribution in [0.25, 0.3) is 5.65 Å². The molecule has 0 spiro atoms. The SMILES string of the molecule is CC(NC(=O)c1ccc2nncn2c1)(C(N)=O)c1cccc(Cl)c1. The van der Waals surface area contributed by atoms with Crippen molar-refractivity contribution in [1.29, 1.82) is 0 Å². The molecule has 1 aromatic carbocycles. The smallest absolute Gasteiger partial charge is 0.253 e. The Balaban J connectivity index is 1.95. The second kappa shape index (κ2) is 5.93. The number of fused-ring (bicyclic) bond motifs is 1. The molecule has 0 saturated heterocycles. The second-order valence-electron chi connectivity index (χ2n) is 5.47. The molecule has 0 aliphatic heterocycles. The van der Waals surface area contributed by atoms with Crippen LogP contribution in [-0.2, 0) is 10.3 Å². The summed E-state index contributed by atoms with van der Waals surface area (Å²) in [7, 11) is 0. The number of rotatable bonds is 4. The molecule has 0 aliphatic carbocycles. The van der Waals surface area contributed by atoms with Gasteiger partial charge in [0.05, 0.1) is 5.56 Å². The quantitative estimate of drug-likeness (QED) is 0.749. The van der Waals surface area contributed by atoms with E-state index in [0.717, 1.165) is 0 Å². The Hall–Kier alpha value is -2.93. The van der Waals surface area contributed by atoms with E-state index >= 15 is 0 Å². The van der Waals surface area contributed by atoms with E-state index in [4.69, 9.17) is 17.3 Å². The first-order chi connectivity index (χ1) is 11.4. The summed E-state index contributed by atoms with van der Waals surface area (Å²) in [5.41, 5.74) is 5.59. The first kappa shape index (κ1) is 15.9. The van der Waals surface area contributed by atoms with Crippen LogP contribution in [0, 0.1) is 0 Å². The van der Waals surface area contributed by atoms with Gasteiger partial charge in [-0.25, -0.2) is 0 Å². The molecule has 2 heterocycles. The van der Waals surface area contributed by atoms with E-state index in [9.17, 15) is 9.59 Å². The van der Waals surface area contributed by atoms with Crippen molar-refractivity contribution in [2.45, 2.75) is 12.5 Å². The van der Waals surface area contributed by atoms with E-state index in [1.165, 1.54) is 13.3 Å². The van der Waals surface area contributed by atoms with Crippen molar-refractivity contribution in [1.82, 2.24) is 19.9 Å². The molecule has 8 heteroatoms. The number of aromatic nitrogens is 3. The highest BCUT2D eigenvalue weighted by atomic mass is 35.5. The van der Waals surface area contributed by atoms with E-state index < -0.39 is 17.4 Å². The molecular formula is C16H14ClN5O2. The van der Waals surface area contributed by atoms with Gasteiger partial charge in [-0.1, -0.05) is 23.7 Å². The number of hydrogen-bond donors (Lipinski definition) is 2. The van der Waals surface area contributed by atoms with Crippen LogP contribution >= 0.6 is 11.6 Å². The van der Waals surface area contributed by atoms with Gasteiger partial charge in [0, 0.05) is 11.2 Å². The van der Waals surface area contributed by atoms with Crippen molar-refractivity contribution in [3.8, 4) is 0 Å². The van der Waals surface area contributed by atoms with Crippen LogP contribution in [0.1, 0.15) is 22.8 Å². The summed E-state index contributed by atoms with van der Waals surface area (Å²) in [6.45, 7) is 1.54. The summed E-state index contributed by atoms with van der Waals surface area (Å²) in [6.07, 6.45) is 3.06. The maximum atomic E-state index is 12.6. The molecule has 2 aromatic heterocycles. The van der Waals surface area contributed by atoms with Gasteiger partial charge in [-0.15, -0.1) is 10.2 Å². The first-order valence-corrected chi connectivity index (χ1v) is 7.46. The van der Waals surface area contributed by atoms with Gasteiger partial charge in [-0.3, -0.25) is 14.0 Å². The zero-order valence-electron chi connectivity index (χ0n) is 12.7. The molecule has 2 amide bonds. The van der Waals surface area contributed by atoms with Crippen LogP contribution in [0.2, 0.25) is 5.02 Å². The van der Waals surface area contributed by atoms with Crippen LogP contribution in [0.5, 0.6) is 0 Å². The van der Waals surface area contributed by atoms with Gasteiger partial charge in [0.15, 0.2) is 5.65 Å². The molecule has 0 aliphatic rings. The van der Waals surface area contributed by atoms with Crippen LogP contribution < -0.4 is 11.1 Å². The third kappa shape index (κ3) is 2.81. The van der Waals surface area contributed by atoms with Crippen molar-refractivity contribution >= 4 is 29.1 Å². The molecular weight excluding hydrogens is 330 g/mol. The Morgan fingerprint density at radius 2 is 2.08 bits per heavy atom. The van der Waals surface area contributed by atoms with Crippen LogP contribution in [0.15, 0.2) is 48.9 Å². The van der Waals surface area contributed by atoms with E-state index in [-0.39, 0.29) is 0 Å². The molecule has 0 bridgehead atoms. The van der Waals surface area contributed by atoms with Crippen LogP contribution in [0.4, 0.5) is 0 Å². The van der Waals surface area contributed by atoms with Crippen molar-refractivity contribution in [3.63, 3.8) is 0 Å². The highest BCUT2D eigenvalue weighted by Gasteiger charge is 2.35. The lowest BCUT2D eigenvalue weighted by Gasteiger charge is -2.28. The summed E-state index contributed by atoms with van der Waals surface area (Å²) in [4.78, 5) is 24.6. The minimum absolute atomic E-state index is 0.344. The molecule has 1 unspecified atom stereocenters. The van der Waals surface area contributed by atoms with Crippen LogP contribution in [0.3, 0.4) is 0 Å². The Labute approximate surface area is 142 Å². The average Bonchev–Trinajstić information content (AvgIpc) is 3.02. The number of amides is 2. The van der Waals surface area contributed by atoms with Crippen LogP contribution in [-0.4, -0.2) is 26.4 Å². The van der Waals surface area contributed by atoms with Crippen molar-refractivity contribution in [3.05, 3.63) is 65.1 Å². The lowest BCUT2D eigenvalue weighted by atomic mass is 9.91. The Kier molecular flexibility index (Phi) is 3.94. The number of nitrogens with two attached hydrogens (primary N) is 1. The molecule has 1 atom stereocenters. The lowest BCUT2D eigenvalue weighted by molar-refractivity contribution is -0.123. The number of benzene rings is 1. The Bertz CT molecular complexity index is 939. The maximum Gasteiger partial charge on any atom is 0.253 e. The highest BCUT2D eigenvalue weighted by Crippen LogP contribution is 2.24. The number of primary amides is 1. The average molecular weight is 344 g/mol. The number of carbonyl (C=O) groups excluding carboxylic acids is 2. The fourth-order valence-electron chi connectivity index (χ4n) is 2.34. The summed E-state index contributed by atoms with van der Waals surface area (Å²) in [5, 5.41) is 10.8. The molecule has 24 heavy (non-hydrogen) atoms. The maximum absolute atomic E-state index is 12.6. The largest absolute Gasteiger partial charge is 0.367 e. The molecule has 0 fully saturated rings. The molecule has 122 valence electrons. The molecule has 0 saturated carbocycles. The predicted molar refractivity (Wildman–Crippen MR) is 88.5 cm³/mol. The van der Waals surface area contributed by atoms with E-state index in [0.29, 0.717) is 21.8 Å². The zero-order valence-corrected chi connectivity index (χ0v) is 13.5. The number of nitrogens with one attached hydrogen (secondary N) is 1. The highest BCUT2D eigenvalue weighted by molar-refractivity contribution is 6.30. The van der Waals surface area contributed by atoms with Crippen molar-refractivity contribution in [2.24, 2.45) is 5.73 Å². The van der Waals surface area contributed by atoms with Crippen molar-refractivity contribution in [2.75, 3.05) is 0 Å². The second-order valence-corrected chi connectivity index (χ2v) is 5.90. The summed E-state index contributed by atoms with van der Waals surface area (Å²) >= 11 is 5.98. The number of hydrogen-bond acceptors (Lipinski definition) is 4. The third-order valence-corrected chi connectivity index (χ3v) is 4.05. The summed E-state index contributed by atoms with van der Waals surface area (Å²) in [6, 6.07) is 9.89. The van der Waals surface area contributed by atoms with Gasteiger partial charge in [0.1, 0.15) is 11.9 Å². The monoisotopic (exact) mass is 343 g/mol. The molecule has 3 aromatic rings. The van der Waals surface area contributed by atoms with E-state index in [1.54, 1.807) is 47.0 Å². The number of pyridine rings is 1. The molecule has 7 nitrogen and oxygen atoms in total. The predicted octanol–water partition coefficient (Wildman–Crippen LogP) is 1.51. The van der Waals surface area contributed by atoms with Gasteiger partial charge in [0.2, 0.25) is 5.91 Å². The Morgan fingerprint density at radius 1 is 1.29 bits per heavy atom. The van der Waals surface area contributed by atoms with E-state index in [2.05, 4.69) is 15.5 Å². The minimum atomic E-state index is -1.40.